The van der Waals surface area contributed by atoms with Crippen molar-refractivity contribution < 1.29 is 28.7 Å². The molecule has 3 aliphatic rings. The summed E-state index contributed by atoms with van der Waals surface area (Å²) in [5, 5.41) is 27.0. The number of halogens is 1. The lowest BCUT2D eigenvalue weighted by Crippen LogP contribution is -2.56. The van der Waals surface area contributed by atoms with Gasteiger partial charge in [0.25, 0.3) is 5.91 Å². The highest BCUT2D eigenvalue weighted by atomic mass is 32.1. The molecule has 4 amide bonds. The average molecular weight is 959 g/mol. The van der Waals surface area contributed by atoms with Gasteiger partial charge in [0, 0.05) is 81.5 Å². The Hall–Kier alpha value is -6.57. The van der Waals surface area contributed by atoms with Crippen molar-refractivity contribution in [1.29, 1.82) is 0 Å². The van der Waals surface area contributed by atoms with Gasteiger partial charge in [0.15, 0.2) is 11.5 Å². The van der Waals surface area contributed by atoms with Gasteiger partial charge in [-0.1, -0.05) is 45.0 Å². The van der Waals surface area contributed by atoms with Crippen molar-refractivity contribution in [1.82, 2.24) is 54.9 Å². The zero-order chi connectivity index (χ0) is 48.4. The standard InChI is InChI=1S/C50H59FN12O5S/c1-30-43(69-29-55-30)33-10-8-31(9-11-33)23-54-47(66)40-22-36(64)27-63(40)49(68)44(50(2,3)4)52-16-6-5-7-42(65)60-17-19-61(20-18-60)48(67)34-14-15-38(37(51)21-34)58-45-46-53-26-41(35-24-56-57-25-35)62(46)28-39(59-45)32-12-13-32/h8-11,14-15,21,24-26,28-29,32,36,40,44,52,64H,5-7,12-13,16-20,22-23,27H2,1-4H3,(H,54,66)(H,56,57)(H,58,59)/t36-,40+,44-/m1/s1. The van der Waals surface area contributed by atoms with Crippen LogP contribution in [0.4, 0.5) is 15.9 Å². The summed E-state index contributed by atoms with van der Waals surface area (Å²) < 4.78 is 17.6. The van der Waals surface area contributed by atoms with E-state index in [0.29, 0.717) is 75.9 Å². The van der Waals surface area contributed by atoms with Crippen LogP contribution in [-0.2, 0) is 20.9 Å². The average Bonchev–Trinajstić information content (AvgIpc) is 3.66. The van der Waals surface area contributed by atoms with Gasteiger partial charge in [-0.2, -0.15) is 5.10 Å². The maximum absolute atomic E-state index is 15.7. The van der Waals surface area contributed by atoms with Gasteiger partial charge in [0.1, 0.15) is 11.9 Å². The summed E-state index contributed by atoms with van der Waals surface area (Å²) in [6.45, 7) is 10.1. The van der Waals surface area contributed by atoms with E-state index in [1.165, 1.54) is 11.0 Å². The number of piperazine rings is 1. The largest absolute Gasteiger partial charge is 0.391 e. The molecule has 6 aromatic rings. The van der Waals surface area contributed by atoms with Gasteiger partial charge in [-0.25, -0.2) is 19.3 Å². The topological polar surface area (TPSA) is 206 Å². The number of H-pyrrole nitrogens is 1. The van der Waals surface area contributed by atoms with E-state index in [1.54, 1.807) is 51.9 Å². The number of fused-ring (bicyclic) bond motifs is 1. The Balaban J connectivity index is 0.723. The molecule has 0 spiro atoms. The van der Waals surface area contributed by atoms with E-state index in [-0.39, 0.29) is 47.8 Å². The molecule has 0 unspecified atom stereocenters. The van der Waals surface area contributed by atoms with Gasteiger partial charge < -0.3 is 35.8 Å². The van der Waals surface area contributed by atoms with Gasteiger partial charge >= 0.3 is 0 Å². The number of benzene rings is 2. The van der Waals surface area contributed by atoms with Gasteiger partial charge in [-0.05, 0) is 73.9 Å². The fourth-order valence-electron chi connectivity index (χ4n) is 9.19. The molecule has 17 nitrogen and oxygen atoms in total. The van der Waals surface area contributed by atoms with Gasteiger partial charge in [-0.15, -0.1) is 11.3 Å². The molecule has 0 radical (unpaired) electrons. The van der Waals surface area contributed by atoms with Crippen LogP contribution < -0.4 is 16.0 Å². The molecule has 3 atom stereocenters. The molecule has 1 aliphatic carbocycles. The van der Waals surface area contributed by atoms with E-state index in [2.05, 4.69) is 36.1 Å². The van der Waals surface area contributed by atoms with Crippen LogP contribution in [0.25, 0.3) is 27.3 Å². The number of carbonyl (C=O) groups excluding carboxylic acids is 4. The number of aliphatic hydroxyl groups is 1. The van der Waals surface area contributed by atoms with Crippen molar-refractivity contribution >= 4 is 52.1 Å². The first-order chi connectivity index (χ1) is 33.2. The monoisotopic (exact) mass is 958 g/mol. The summed E-state index contributed by atoms with van der Waals surface area (Å²) in [6, 6.07) is 10.9. The lowest BCUT2D eigenvalue weighted by Gasteiger charge is -2.35. The van der Waals surface area contributed by atoms with Crippen LogP contribution in [0, 0.1) is 18.2 Å². The molecule has 1 saturated carbocycles. The van der Waals surface area contributed by atoms with Crippen LogP contribution in [0.1, 0.15) is 92.5 Å². The van der Waals surface area contributed by atoms with Crippen molar-refractivity contribution in [2.24, 2.45) is 5.41 Å². The molecule has 4 aromatic heterocycles. The van der Waals surface area contributed by atoms with E-state index in [4.69, 9.17) is 4.98 Å². The molecule has 69 heavy (non-hydrogen) atoms. The Kier molecular flexibility index (Phi) is 13.9. The molecule has 9 rings (SSSR count). The lowest BCUT2D eigenvalue weighted by atomic mass is 9.85. The molecule has 6 heterocycles. The zero-order valence-electron chi connectivity index (χ0n) is 39.4. The van der Waals surface area contributed by atoms with Gasteiger partial charge in [-0.3, -0.25) is 28.7 Å². The van der Waals surface area contributed by atoms with Crippen LogP contribution in [0.15, 0.2) is 72.8 Å². The second-order valence-electron chi connectivity index (χ2n) is 19.4. The molecule has 2 aliphatic heterocycles. The number of hydrogen-bond donors (Lipinski definition) is 5. The summed E-state index contributed by atoms with van der Waals surface area (Å²) in [4.78, 5) is 74.1. The summed E-state index contributed by atoms with van der Waals surface area (Å²) in [6.07, 6.45) is 10.2. The highest BCUT2D eigenvalue weighted by molar-refractivity contribution is 7.13. The van der Waals surface area contributed by atoms with E-state index >= 15 is 4.39 Å². The van der Waals surface area contributed by atoms with Crippen molar-refractivity contribution in [2.75, 3.05) is 44.6 Å². The number of nitrogens with one attached hydrogen (secondary N) is 4. The Morgan fingerprint density at radius 3 is 2.42 bits per heavy atom. The highest BCUT2D eigenvalue weighted by Crippen LogP contribution is 2.41. The predicted octanol–water partition coefficient (Wildman–Crippen LogP) is 6.05. The zero-order valence-corrected chi connectivity index (χ0v) is 40.2. The Morgan fingerprint density at radius 1 is 0.971 bits per heavy atom. The minimum absolute atomic E-state index is 0.0133. The number of carbonyl (C=O) groups is 4. The highest BCUT2D eigenvalue weighted by Gasteiger charge is 2.44. The molecule has 2 saturated heterocycles. The number of nitrogens with zero attached hydrogens (tertiary/aromatic N) is 8. The number of aromatic amines is 1. The van der Waals surface area contributed by atoms with E-state index in [0.717, 1.165) is 51.5 Å². The number of thiazole rings is 1. The molecule has 5 N–H and O–H groups in total. The van der Waals surface area contributed by atoms with Crippen LogP contribution in [0.3, 0.4) is 0 Å². The Morgan fingerprint density at radius 2 is 1.74 bits per heavy atom. The lowest BCUT2D eigenvalue weighted by molar-refractivity contribution is -0.142. The number of imidazole rings is 1. The van der Waals surface area contributed by atoms with E-state index < -0.39 is 29.4 Å². The third kappa shape index (κ3) is 10.7. The van der Waals surface area contributed by atoms with E-state index in [1.807, 2.05) is 68.1 Å². The first-order valence-corrected chi connectivity index (χ1v) is 24.6. The fourth-order valence-corrected chi connectivity index (χ4v) is 10.0. The first-order valence-electron chi connectivity index (χ1n) is 23.7. The van der Waals surface area contributed by atoms with E-state index in [9.17, 15) is 24.3 Å². The Bertz CT molecular complexity index is 2810. The van der Waals surface area contributed by atoms with Crippen molar-refractivity contribution in [3.05, 3.63) is 101 Å². The maximum atomic E-state index is 15.7. The summed E-state index contributed by atoms with van der Waals surface area (Å²) in [5.74, 6) is -0.724. The van der Waals surface area contributed by atoms with Crippen molar-refractivity contribution in [2.45, 2.75) is 96.9 Å². The van der Waals surface area contributed by atoms with Gasteiger partial charge in [0.05, 0.1) is 57.7 Å². The van der Waals surface area contributed by atoms with Crippen molar-refractivity contribution in [3.8, 4) is 21.7 Å². The number of aromatic nitrogens is 6. The van der Waals surface area contributed by atoms with Crippen LogP contribution in [0.2, 0.25) is 0 Å². The second-order valence-corrected chi connectivity index (χ2v) is 20.2. The van der Waals surface area contributed by atoms with Crippen LogP contribution >= 0.6 is 11.3 Å². The summed E-state index contributed by atoms with van der Waals surface area (Å²) >= 11 is 1.58. The third-order valence-corrected chi connectivity index (χ3v) is 14.2. The smallest absolute Gasteiger partial charge is 0.254 e. The number of likely N-dealkylation sites (tertiary alicyclic amines) is 1. The number of hydrogen-bond acceptors (Lipinski definition) is 12. The summed E-state index contributed by atoms with van der Waals surface area (Å²) in [7, 11) is 0. The number of anilines is 2. The molecule has 362 valence electrons. The minimum atomic E-state index is -0.812. The molecular weight excluding hydrogens is 900 g/mol. The number of aryl methyl sites for hydroxylation is 1. The molecular formula is C50H59FN12O5S. The first kappa shape index (κ1) is 47.5. The van der Waals surface area contributed by atoms with Crippen LogP contribution in [0.5, 0.6) is 0 Å². The quantitative estimate of drug-likeness (QED) is 0.0707. The molecule has 3 fully saturated rings. The summed E-state index contributed by atoms with van der Waals surface area (Å²) in [5.41, 5.74) is 7.78. The number of amides is 4. The fraction of sp³-hybridized carbons (Fsp3) is 0.440. The number of β-amino-alcohol motifs (C(OH)–C–C–N with tert-alkyl or cyclic N) is 1. The number of rotatable bonds is 16. The Labute approximate surface area is 403 Å². The number of unbranched alkanes of at least 4 members (excludes halogenated alkanes) is 1. The third-order valence-electron chi connectivity index (χ3n) is 13.3. The normalized spacial score (nSPS) is 17.9. The minimum Gasteiger partial charge on any atom is -0.391 e. The maximum Gasteiger partial charge on any atom is 0.254 e. The van der Waals surface area contributed by atoms with Gasteiger partial charge in [0.2, 0.25) is 17.7 Å². The van der Waals surface area contributed by atoms with Crippen molar-refractivity contribution in [3.63, 3.8) is 0 Å². The molecule has 0 bridgehead atoms. The second kappa shape index (κ2) is 20.2. The SMILES string of the molecule is Cc1ncsc1-c1ccc(CNC(=O)[C@@H]2C[C@@H](O)CN2C(=O)[C@@H](NCCCCC(=O)N2CCN(C(=O)c3ccc(Nc4nc(C5CC5)cn5c(-c6cn[nH]c6)cnc45)c(F)c3)CC2)C(C)(C)C)cc1. The molecule has 2 aromatic carbocycles. The number of aliphatic hydroxyl groups excluding tert-OH is 1. The predicted molar refractivity (Wildman–Crippen MR) is 260 cm³/mol. The molecule has 19 heteroatoms. The van der Waals surface area contributed by atoms with Crippen LogP contribution in [-0.4, -0.2) is 130 Å².